The lowest BCUT2D eigenvalue weighted by Crippen LogP contribution is -2.50. The van der Waals surface area contributed by atoms with Crippen LogP contribution in [0.5, 0.6) is 0 Å². The fourth-order valence-electron chi connectivity index (χ4n) is 3.84. The van der Waals surface area contributed by atoms with Crippen molar-refractivity contribution < 1.29 is 14.3 Å². The number of piperidine rings is 1. The third-order valence-electron chi connectivity index (χ3n) is 5.13. The molecule has 2 aromatic rings. The lowest BCUT2D eigenvalue weighted by atomic mass is 9.89. The molecule has 2 fully saturated rings. The quantitative estimate of drug-likeness (QED) is 0.835. The Morgan fingerprint density at radius 1 is 1.42 bits per heavy atom. The van der Waals surface area contributed by atoms with E-state index in [-0.39, 0.29) is 17.6 Å². The van der Waals surface area contributed by atoms with E-state index in [4.69, 9.17) is 9.47 Å². The van der Waals surface area contributed by atoms with Crippen LogP contribution in [0.1, 0.15) is 35.4 Å². The van der Waals surface area contributed by atoms with Crippen molar-refractivity contribution in [1.82, 2.24) is 19.7 Å². The lowest BCUT2D eigenvalue weighted by molar-refractivity contribution is -0.0468. The zero-order valence-corrected chi connectivity index (χ0v) is 15.0. The molecule has 4 rings (SSSR count). The molecule has 2 aromatic heterocycles. The molecular weight excluding hydrogens is 332 g/mol. The number of hydrogen-bond donors (Lipinski definition) is 0. The van der Waals surface area contributed by atoms with Crippen LogP contribution < -0.4 is 0 Å². The first kappa shape index (κ1) is 17.2. The molecule has 2 atom stereocenters. The Kier molecular flexibility index (Phi) is 4.74. The van der Waals surface area contributed by atoms with Crippen LogP contribution in [0.25, 0.3) is 0 Å². The standard InChI is InChI=1S/C19H24N4O3/c1-22-10-6-17(21-22)18(24)23-9-4-7-19(14-23)11-16(13-26-19)25-12-15-5-2-3-8-20-15/h2-3,5-6,8,10,16H,4,7,9,11-14H2,1H3/t16-,19+/m1/s1. The maximum atomic E-state index is 12.7. The van der Waals surface area contributed by atoms with Gasteiger partial charge < -0.3 is 14.4 Å². The summed E-state index contributed by atoms with van der Waals surface area (Å²) < 4.78 is 13.8. The van der Waals surface area contributed by atoms with Gasteiger partial charge in [0, 0.05) is 32.4 Å². The first-order chi connectivity index (χ1) is 12.6. The van der Waals surface area contributed by atoms with E-state index in [1.54, 1.807) is 23.1 Å². The van der Waals surface area contributed by atoms with E-state index >= 15 is 0 Å². The largest absolute Gasteiger partial charge is 0.370 e. The summed E-state index contributed by atoms with van der Waals surface area (Å²) in [5.74, 6) is -0.0221. The summed E-state index contributed by atoms with van der Waals surface area (Å²) in [6.07, 6.45) is 6.32. The molecule has 0 aliphatic carbocycles. The molecule has 0 saturated carbocycles. The lowest BCUT2D eigenvalue weighted by Gasteiger charge is -2.39. The van der Waals surface area contributed by atoms with Crippen molar-refractivity contribution in [1.29, 1.82) is 0 Å². The molecule has 0 aromatic carbocycles. The Hall–Kier alpha value is -2.25. The Morgan fingerprint density at radius 3 is 3.12 bits per heavy atom. The Labute approximate surface area is 152 Å². The zero-order valence-electron chi connectivity index (χ0n) is 15.0. The van der Waals surface area contributed by atoms with Crippen molar-refractivity contribution in [2.24, 2.45) is 7.05 Å². The van der Waals surface area contributed by atoms with Gasteiger partial charge in [-0.3, -0.25) is 14.5 Å². The SMILES string of the molecule is Cn1ccc(C(=O)N2CCC[C@]3(C[C@@H](OCc4ccccn4)CO3)C2)n1. The number of nitrogens with zero attached hydrogens (tertiary/aromatic N) is 4. The minimum absolute atomic E-state index is 0.0221. The molecule has 7 heteroatoms. The third-order valence-corrected chi connectivity index (χ3v) is 5.13. The average molecular weight is 356 g/mol. The van der Waals surface area contributed by atoms with Gasteiger partial charge in [0.25, 0.3) is 5.91 Å². The van der Waals surface area contributed by atoms with Gasteiger partial charge in [-0.1, -0.05) is 6.07 Å². The molecule has 7 nitrogen and oxygen atoms in total. The molecule has 138 valence electrons. The van der Waals surface area contributed by atoms with E-state index in [2.05, 4.69) is 10.1 Å². The number of amides is 1. The normalized spacial score (nSPS) is 25.7. The van der Waals surface area contributed by atoms with Crippen LogP contribution in [0.15, 0.2) is 36.7 Å². The number of hydrogen-bond acceptors (Lipinski definition) is 5. The van der Waals surface area contributed by atoms with E-state index in [1.807, 2.05) is 30.1 Å². The Morgan fingerprint density at radius 2 is 2.35 bits per heavy atom. The topological polar surface area (TPSA) is 69.5 Å². The summed E-state index contributed by atoms with van der Waals surface area (Å²) in [7, 11) is 1.82. The summed E-state index contributed by atoms with van der Waals surface area (Å²) in [5, 5.41) is 4.23. The molecular formula is C19H24N4O3. The zero-order chi connectivity index (χ0) is 18.0. The number of carbonyl (C=O) groups excluding carboxylic acids is 1. The van der Waals surface area contributed by atoms with Crippen molar-refractivity contribution >= 4 is 5.91 Å². The van der Waals surface area contributed by atoms with Crippen LogP contribution in [0.3, 0.4) is 0 Å². The minimum Gasteiger partial charge on any atom is -0.370 e. The predicted octanol–water partition coefficient (Wildman–Crippen LogP) is 1.80. The first-order valence-electron chi connectivity index (χ1n) is 9.08. The van der Waals surface area contributed by atoms with Crippen molar-refractivity contribution in [3.05, 3.63) is 48.0 Å². The van der Waals surface area contributed by atoms with Crippen LogP contribution in [-0.4, -0.2) is 57.0 Å². The maximum absolute atomic E-state index is 12.7. The molecule has 0 unspecified atom stereocenters. The number of ether oxygens (including phenoxy) is 2. The van der Waals surface area contributed by atoms with E-state index in [1.165, 1.54) is 0 Å². The molecule has 26 heavy (non-hydrogen) atoms. The minimum atomic E-state index is -0.294. The monoisotopic (exact) mass is 356 g/mol. The summed E-state index contributed by atoms with van der Waals surface area (Å²) in [4.78, 5) is 18.9. The van der Waals surface area contributed by atoms with Gasteiger partial charge in [0.05, 0.1) is 37.2 Å². The van der Waals surface area contributed by atoms with Gasteiger partial charge >= 0.3 is 0 Å². The average Bonchev–Trinajstić information content (AvgIpc) is 3.27. The Bertz CT molecular complexity index is 763. The summed E-state index contributed by atoms with van der Waals surface area (Å²) in [5.41, 5.74) is 1.12. The van der Waals surface area contributed by atoms with Crippen molar-refractivity contribution in [2.75, 3.05) is 19.7 Å². The number of carbonyl (C=O) groups is 1. The molecule has 4 heterocycles. The summed E-state index contributed by atoms with van der Waals surface area (Å²) in [6, 6.07) is 7.57. The van der Waals surface area contributed by atoms with E-state index in [9.17, 15) is 4.79 Å². The van der Waals surface area contributed by atoms with Gasteiger partial charge in [0.15, 0.2) is 0 Å². The number of aromatic nitrogens is 3. The van der Waals surface area contributed by atoms with Crippen molar-refractivity contribution in [3.8, 4) is 0 Å². The number of aryl methyl sites for hydroxylation is 1. The van der Waals surface area contributed by atoms with Crippen LogP contribution >= 0.6 is 0 Å². The van der Waals surface area contributed by atoms with Crippen LogP contribution in [0, 0.1) is 0 Å². The van der Waals surface area contributed by atoms with Gasteiger partial charge in [0.1, 0.15) is 5.69 Å². The van der Waals surface area contributed by atoms with Crippen molar-refractivity contribution in [3.63, 3.8) is 0 Å². The van der Waals surface area contributed by atoms with Gasteiger partial charge in [-0.15, -0.1) is 0 Å². The molecule has 2 saturated heterocycles. The fraction of sp³-hybridized carbons (Fsp3) is 0.526. The molecule has 0 N–H and O–H groups in total. The second-order valence-corrected chi connectivity index (χ2v) is 7.16. The van der Waals surface area contributed by atoms with Crippen LogP contribution in [-0.2, 0) is 23.1 Å². The highest BCUT2D eigenvalue weighted by Gasteiger charge is 2.45. The smallest absolute Gasteiger partial charge is 0.274 e. The molecule has 1 amide bonds. The molecule has 2 aliphatic heterocycles. The first-order valence-corrected chi connectivity index (χ1v) is 9.08. The maximum Gasteiger partial charge on any atom is 0.274 e. The second kappa shape index (κ2) is 7.17. The number of pyridine rings is 1. The van der Waals surface area contributed by atoms with Crippen LogP contribution in [0.4, 0.5) is 0 Å². The van der Waals surface area contributed by atoms with E-state index in [0.717, 1.165) is 31.5 Å². The molecule has 2 aliphatic rings. The fourth-order valence-corrected chi connectivity index (χ4v) is 3.84. The summed E-state index contributed by atoms with van der Waals surface area (Å²) in [6.45, 7) is 2.41. The summed E-state index contributed by atoms with van der Waals surface area (Å²) >= 11 is 0. The third kappa shape index (κ3) is 3.64. The predicted molar refractivity (Wildman–Crippen MR) is 94.5 cm³/mol. The van der Waals surface area contributed by atoms with E-state index < -0.39 is 0 Å². The number of likely N-dealkylation sites (tertiary alicyclic amines) is 1. The highest BCUT2D eigenvalue weighted by Crippen LogP contribution is 2.36. The number of rotatable bonds is 4. The van der Waals surface area contributed by atoms with Crippen molar-refractivity contribution in [2.45, 2.75) is 37.6 Å². The highest BCUT2D eigenvalue weighted by molar-refractivity contribution is 5.92. The van der Waals surface area contributed by atoms with Gasteiger partial charge in [0.2, 0.25) is 0 Å². The Balaban J connectivity index is 1.35. The molecule has 0 radical (unpaired) electrons. The van der Waals surface area contributed by atoms with Gasteiger partial charge in [-0.2, -0.15) is 5.10 Å². The molecule has 1 spiro atoms. The molecule has 0 bridgehead atoms. The van der Waals surface area contributed by atoms with Gasteiger partial charge in [-0.25, -0.2) is 0 Å². The second-order valence-electron chi connectivity index (χ2n) is 7.16. The highest BCUT2D eigenvalue weighted by atomic mass is 16.6. The van der Waals surface area contributed by atoms with E-state index in [0.29, 0.717) is 25.5 Å². The van der Waals surface area contributed by atoms with Gasteiger partial charge in [-0.05, 0) is 31.0 Å². The van der Waals surface area contributed by atoms with Crippen LogP contribution in [0.2, 0.25) is 0 Å².